The first-order chi connectivity index (χ1) is 10.8. The lowest BCUT2D eigenvalue weighted by molar-refractivity contribution is 0.414. The Hall–Kier alpha value is -2.95. The molecule has 5 nitrogen and oxygen atoms in total. The Kier molecular flexibility index (Phi) is 2.79. The van der Waals surface area contributed by atoms with Crippen LogP contribution in [-0.2, 0) is 0 Å². The zero-order valence-corrected chi connectivity index (χ0v) is 12.3. The van der Waals surface area contributed by atoms with Crippen molar-refractivity contribution < 1.29 is 4.74 Å². The second kappa shape index (κ2) is 4.80. The lowest BCUT2D eigenvalue weighted by Crippen LogP contribution is -1.94. The maximum atomic E-state index is 5.21. The van der Waals surface area contributed by atoms with Gasteiger partial charge in [0.1, 0.15) is 11.4 Å². The third kappa shape index (κ3) is 1.90. The summed E-state index contributed by atoms with van der Waals surface area (Å²) in [7, 11) is 1.64. The summed E-state index contributed by atoms with van der Waals surface area (Å²) in [6, 6.07) is 13.9. The molecule has 108 valence electrons. The molecule has 0 aliphatic rings. The minimum absolute atomic E-state index is 0.725. The summed E-state index contributed by atoms with van der Waals surface area (Å²) in [5, 5.41) is 9.60. The third-order valence-electron chi connectivity index (χ3n) is 3.77. The zero-order valence-electron chi connectivity index (χ0n) is 12.3. The van der Waals surface area contributed by atoms with E-state index in [0.717, 1.165) is 39.4 Å². The maximum Gasteiger partial charge on any atom is 0.187 e. The largest absolute Gasteiger partial charge is 0.497 e. The number of hydrogen-bond donors (Lipinski definition) is 0. The Morgan fingerprint density at radius 2 is 1.95 bits per heavy atom. The Morgan fingerprint density at radius 1 is 1.05 bits per heavy atom. The third-order valence-corrected chi connectivity index (χ3v) is 3.77. The first-order valence-electron chi connectivity index (χ1n) is 7.02. The Balaban J connectivity index is 1.93. The summed E-state index contributed by atoms with van der Waals surface area (Å²) in [5.41, 5.74) is 3.68. The van der Waals surface area contributed by atoms with E-state index in [2.05, 4.69) is 35.3 Å². The zero-order chi connectivity index (χ0) is 15.1. The van der Waals surface area contributed by atoms with E-state index in [9.17, 15) is 0 Å². The predicted octanol–water partition coefficient (Wildman–Crippen LogP) is 3.26. The number of nitrogens with zero attached hydrogens (tertiary/aromatic N) is 4. The van der Waals surface area contributed by atoms with E-state index in [1.54, 1.807) is 7.11 Å². The Morgan fingerprint density at radius 3 is 2.82 bits per heavy atom. The molecule has 0 radical (unpaired) electrons. The number of ether oxygens (including phenoxy) is 1. The molecule has 0 bridgehead atoms. The summed E-state index contributed by atoms with van der Waals surface area (Å²) in [4.78, 5) is 4.76. The number of aryl methyl sites for hydroxylation is 1. The van der Waals surface area contributed by atoms with E-state index < -0.39 is 0 Å². The fourth-order valence-electron chi connectivity index (χ4n) is 2.59. The van der Waals surface area contributed by atoms with Crippen molar-refractivity contribution in [2.75, 3.05) is 7.11 Å². The van der Waals surface area contributed by atoms with Gasteiger partial charge < -0.3 is 4.74 Å². The number of benzene rings is 1. The summed E-state index contributed by atoms with van der Waals surface area (Å²) in [5.74, 6) is 1.48. The van der Waals surface area contributed by atoms with Crippen LogP contribution in [0.5, 0.6) is 5.75 Å². The molecule has 0 saturated heterocycles. The summed E-state index contributed by atoms with van der Waals surface area (Å²) in [6.45, 7) is 2.06. The van der Waals surface area contributed by atoms with E-state index in [1.807, 2.05) is 34.9 Å². The number of hydrogen-bond acceptors (Lipinski definition) is 4. The highest BCUT2D eigenvalue weighted by molar-refractivity contribution is 5.83. The van der Waals surface area contributed by atoms with E-state index >= 15 is 0 Å². The van der Waals surface area contributed by atoms with Gasteiger partial charge in [0.25, 0.3) is 0 Å². The van der Waals surface area contributed by atoms with Gasteiger partial charge >= 0.3 is 0 Å². The van der Waals surface area contributed by atoms with Crippen molar-refractivity contribution in [2.24, 2.45) is 0 Å². The van der Waals surface area contributed by atoms with Crippen molar-refractivity contribution in [1.29, 1.82) is 0 Å². The van der Waals surface area contributed by atoms with Crippen LogP contribution in [0.4, 0.5) is 0 Å². The molecule has 0 fully saturated rings. The summed E-state index contributed by atoms with van der Waals surface area (Å²) < 4.78 is 7.13. The van der Waals surface area contributed by atoms with Crippen LogP contribution in [0, 0.1) is 6.92 Å². The highest BCUT2D eigenvalue weighted by Gasteiger charge is 2.11. The van der Waals surface area contributed by atoms with E-state index in [-0.39, 0.29) is 0 Å². The van der Waals surface area contributed by atoms with Crippen LogP contribution in [0.2, 0.25) is 0 Å². The average Bonchev–Trinajstić information content (AvgIpc) is 2.98. The molecule has 3 aromatic heterocycles. The number of methoxy groups -OCH3 is 1. The van der Waals surface area contributed by atoms with Crippen molar-refractivity contribution >= 4 is 16.6 Å². The fourth-order valence-corrected chi connectivity index (χ4v) is 2.59. The molecule has 0 saturated carbocycles. The number of aromatic nitrogens is 4. The predicted molar refractivity (Wildman–Crippen MR) is 85.0 cm³/mol. The highest BCUT2D eigenvalue weighted by atomic mass is 16.5. The first kappa shape index (κ1) is 12.8. The van der Waals surface area contributed by atoms with Crippen molar-refractivity contribution in [1.82, 2.24) is 19.6 Å². The lowest BCUT2D eigenvalue weighted by Gasteiger charge is -2.05. The summed E-state index contributed by atoms with van der Waals surface area (Å²) in [6.07, 6.45) is 1.90. The van der Waals surface area contributed by atoms with Gasteiger partial charge in [0.05, 0.1) is 12.6 Å². The molecule has 1 aromatic carbocycles. The standard InChI is InChI=1S/C17H14N4O/c1-11-4-3-5-12-6-7-14(18-16(11)12)17-20-19-15-10-13(22-2)8-9-21(15)17/h3-10H,1-2H3. The molecule has 0 unspecified atom stereocenters. The highest BCUT2D eigenvalue weighted by Crippen LogP contribution is 2.23. The molecule has 0 atom stereocenters. The molecule has 3 heterocycles. The maximum absolute atomic E-state index is 5.21. The van der Waals surface area contributed by atoms with Gasteiger partial charge in [-0.15, -0.1) is 10.2 Å². The molecule has 0 N–H and O–H groups in total. The SMILES string of the molecule is COc1ccn2c(-c3ccc4cccc(C)c4n3)nnc2c1. The van der Waals surface area contributed by atoms with Gasteiger partial charge in [-0.2, -0.15) is 0 Å². The van der Waals surface area contributed by atoms with E-state index in [1.165, 1.54) is 0 Å². The molecule has 0 spiro atoms. The Labute approximate surface area is 127 Å². The second-order valence-corrected chi connectivity index (χ2v) is 5.16. The van der Waals surface area contributed by atoms with Crippen LogP contribution in [0.3, 0.4) is 0 Å². The monoisotopic (exact) mass is 290 g/mol. The van der Waals surface area contributed by atoms with E-state index in [0.29, 0.717) is 0 Å². The topological polar surface area (TPSA) is 52.3 Å². The minimum Gasteiger partial charge on any atom is -0.497 e. The van der Waals surface area contributed by atoms with Crippen molar-refractivity contribution in [3.05, 3.63) is 54.2 Å². The smallest absolute Gasteiger partial charge is 0.187 e. The molecule has 4 rings (SSSR count). The van der Waals surface area contributed by atoms with Crippen molar-refractivity contribution in [3.8, 4) is 17.3 Å². The van der Waals surface area contributed by atoms with Gasteiger partial charge in [-0.25, -0.2) is 4.98 Å². The van der Waals surface area contributed by atoms with Gasteiger partial charge in [-0.1, -0.05) is 24.3 Å². The Bertz CT molecular complexity index is 990. The van der Waals surface area contributed by atoms with Gasteiger partial charge in [-0.05, 0) is 24.6 Å². The molecule has 5 heteroatoms. The van der Waals surface area contributed by atoms with Gasteiger partial charge in [-0.3, -0.25) is 4.40 Å². The number of rotatable bonds is 2. The molecule has 0 amide bonds. The average molecular weight is 290 g/mol. The van der Waals surface area contributed by atoms with E-state index in [4.69, 9.17) is 9.72 Å². The van der Waals surface area contributed by atoms with Gasteiger partial charge in [0, 0.05) is 17.6 Å². The lowest BCUT2D eigenvalue weighted by atomic mass is 10.1. The van der Waals surface area contributed by atoms with Crippen LogP contribution in [-0.4, -0.2) is 26.7 Å². The van der Waals surface area contributed by atoms with Crippen LogP contribution >= 0.6 is 0 Å². The molecule has 0 aliphatic heterocycles. The van der Waals surface area contributed by atoms with Gasteiger partial charge in [0.2, 0.25) is 0 Å². The van der Waals surface area contributed by atoms with Gasteiger partial charge in [0.15, 0.2) is 11.5 Å². The minimum atomic E-state index is 0.725. The quantitative estimate of drug-likeness (QED) is 0.568. The fraction of sp³-hybridized carbons (Fsp3) is 0.118. The molecular formula is C17H14N4O. The molecule has 0 aliphatic carbocycles. The number of para-hydroxylation sites is 1. The van der Waals surface area contributed by atoms with Crippen LogP contribution in [0.1, 0.15) is 5.56 Å². The molecule has 4 aromatic rings. The van der Waals surface area contributed by atoms with Crippen molar-refractivity contribution in [3.63, 3.8) is 0 Å². The van der Waals surface area contributed by atoms with Crippen LogP contribution < -0.4 is 4.74 Å². The first-order valence-corrected chi connectivity index (χ1v) is 7.02. The van der Waals surface area contributed by atoms with Crippen molar-refractivity contribution in [2.45, 2.75) is 6.92 Å². The molecular weight excluding hydrogens is 276 g/mol. The van der Waals surface area contributed by atoms with Crippen LogP contribution in [0.25, 0.3) is 28.1 Å². The summed E-state index contributed by atoms with van der Waals surface area (Å²) >= 11 is 0. The molecule has 22 heavy (non-hydrogen) atoms. The number of fused-ring (bicyclic) bond motifs is 2. The number of pyridine rings is 2. The normalized spacial score (nSPS) is 11.2. The van der Waals surface area contributed by atoms with Crippen LogP contribution in [0.15, 0.2) is 48.7 Å². The second-order valence-electron chi connectivity index (χ2n) is 5.16.